The average molecular weight is 520 g/mol. The van der Waals surface area contributed by atoms with Crippen LogP contribution in [0.25, 0.3) is 0 Å². The quantitative estimate of drug-likeness (QED) is 0.489. The van der Waals surface area contributed by atoms with E-state index in [-0.39, 0.29) is 25.3 Å². The first-order valence-corrected chi connectivity index (χ1v) is 13.5. The van der Waals surface area contributed by atoms with Crippen molar-refractivity contribution >= 4 is 11.6 Å². The van der Waals surface area contributed by atoms with Crippen LogP contribution in [0, 0.1) is 28.6 Å². The number of amides is 1. The van der Waals surface area contributed by atoms with Gasteiger partial charge >= 0.3 is 0 Å². The molecule has 0 radical (unpaired) electrons. The Labute approximate surface area is 222 Å². The van der Waals surface area contributed by atoms with Crippen molar-refractivity contribution in [3.63, 3.8) is 0 Å². The van der Waals surface area contributed by atoms with Crippen molar-refractivity contribution in [3.05, 3.63) is 36.0 Å². The van der Waals surface area contributed by atoms with E-state index in [1.807, 2.05) is 0 Å². The molecule has 9 nitrogen and oxygen atoms in total. The van der Waals surface area contributed by atoms with Crippen molar-refractivity contribution in [2.75, 3.05) is 25.3 Å². The lowest BCUT2D eigenvalue weighted by atomic mass is 9.93. The zero-order valence-electron chi connectivity index (χ0n) is 21.6. The number of nitriles is 1. The predicted octanol–water partition coefficient (Wildman–Crippen LogP) is 4.48. The molecule has 1 unspecified atom stereocenters. The molecule has 1 N–H and O–H groups in total. The molecule has 2 heterocycles. The molecule has 38 heavy (non-hydrogen) atoms. The van der Waals surface area contributed by atoms with Crippen molar-refractivity contribution in [1.29, 1.82) is 5.26 Å². The molecule has 4 aliphatic rings. The number of nitrogens with zero attached hydrogens (tertiary/aromatic N) is 3. The van der Waals surface area contributed by atoms with Crippen LogP contribution in [0.4, 0.5) is 5.69 Å². The lowest BCUT2D eigenvalue weighted by molar-refractivity contribution is -0.0116. The van der Waals surface area contributed by atoms with Crippen LogP contribution >= 0.6 is 0 Å². The van der Waals surface area contributed by atoms with E-state index >= 15 is 0 Å². The van der Waals surface area contributed by atoms with Crippen molar-refractivity contribution in [2.24, 2.45) is 17.3 Å². The molecular weight excluding hydrogens is 486 g/mol. The number of aliphatic hydroxyl groups is 1. The highest BCUT2D eigenvalue weighted by atomic mass is 16.5. The zero-order chi connectivity index (χ0) is 26.3. The number of methoxy groups -OCH3 is 1. The van der Waals surface area contributed by atoms with E-state index in [0.29, 0.717) is 46.2 Å². The van der Waals surface area contributed by atoms with Crippen LogP contribution in [0.1, 0.15) is 61.7 Å². The molecule has 3 aliphatic carbocycles. The number of ether oxygens (including phenoxy) is 4. The number of rotatable bonds is 10. The Morgan fingerprint density at radius 2 is 1.97 bits per heavy atom. The van der Waals surface area contributed by atoms with E-state index in [1.165, 1.54) is 23.9 Å². The van der Waals surface area contributed by atoms with Gasteiger partial charge in [0.1, 0.15) is 24.0 Å². The third-order valence-corrected chi connectivity index (χ3v) is 8.28. The van der Waals surface area contributed by atoms with Crippen LogP contribution < -0.4 is 23.8 Å². The van der Waals surface area contributed by atoms with Crippen LogP contribution in [-0.2, 0) is 0 Å². The first-order chi connectivity index (χ1) is 18.5. The Morgan fingerprint density at radius 3 is 2.66 bits per heavy atom. The monoisotopic (exact) mass is 519 g/mol. The summed E-state index contributed by atoms with van der Waals surface area (Å²) in [6.07, 6.45) is 8.92. The summed E-state index contributed by atoms with van der Waals surface area (Å²) < 4.78 is 23.7. The molecule has 0 bridgehead atoms. The molecule has 9 heteroatoms. The largest absolute Gasteiger partial charge is 0.493 e. The fourth-order valence-corrected chi connectivity index (χ4v) is 5.46. The topological polar surface area (TPSA) is 114 Å². The molecule has 2 atom stereocenters. The number of carbonyl (C=O) groups is 1. The highest BCUT2D eigenvalue weighted by Gasteiger charge is 2.44. The minimum atomic E-state index is -0.480. The molecule has 200 valence electrons. The first-order valence-electron chi connectivity index (χ1n) is 13.5. The maximum Gasteiger partial charge on any atom is 0.266 e. The maximum absolute atomic E-state index is 13.3. The van der Waals surface area contributed by atoms with Gasteiger partial charge in [0.15, 0.2) is 18.2 Å². The number of anilines is 1. The Bertz CT molecular complexity index is 1240. The molecule has 1 aliphatic heterocycles. The smallest absolute Gasteiger partial charge is 0.266 e. The van der Waals surface area contributed by atoms with Crippen molar-refractivity contribution in [2.45, 2.75) is 63.6 Å². The SMILES string of the molecule is COc1cc(N2COc3cc(OCC4(C#N)CC4)ncc3C2=O)ccc1OC(C1CCCC1)[C@H](O)C1CC1. The summed E-state index contributed by atoms with van der Waals surface area (Å²) in [6, 6.07) is 9.26. The lowest BCUT2D eigenvalue weighted by Crippen LogP contribution is -2.39. The third kappa shape index (κ3) is 4.85. The van der Waals surface area contributed by atoms with Gasteiger partial charge in [0.2, 0.25) is 5.88 Å². The molecule has 0 spiro atoms. The van der Waals surface area contributed by atoms with Gasteiger partial charge < -0.3 is 24.1 Å². The molecule has 2 aromatic rings. The summed E-state index contributed by atoms with van der Waals surface area (Å²) in [5, 5.41) is 20.2. The first kappa shape index (κ1) is 24.8. The van der Waals surface area contributed by atoms with Gasteiger partial charge in [0.25, 0.3) is 5.91 Å². The average Bonchev–Trinajstić information content (AvgIpc) is 3.88. The van der Waals surface area contributed by atoms with Crippen molar-refractivity contribution in [1.82, 2.24) is 4.98 Å². The molecule has 1 aromatic carbocycles. The predicted molar refractivity (Wildman–Crippen MR) is 137 cm³/mol. The highest BCUT2D eigenvalue weighted by molar-refractivity contribution is 6.08. The molecule has 1 amide bonds. The van der Waals surface area contributed by atoms with Crippen LogP contribution in [0.2, 0.25) is 0 Å². The number of carbonyl (C=O) groups excluding carboxylic acids is 1. The van der Waals surface area contributed by atoms with E-state index in [0.717, 1.165) is 38.5 Å². The van der Waals surface area contributed by atoms with Gasteiger partial charge in [-0.3, -0.25) is 9.69 Å². The van der Waals surface area contributed by atoms with Gasteiger partial charge in [-0.15, -0.1) is 0 Å². The van der Waals surface area contributed by atoms with E-state index in [9.17, 15) is 15.2 Å². The molecular formula is C29H33N3O6. The summed E-state index contributed by atoms with van der Waals surface area (Å²) >= 11 is 0. The molecule has 6 rings (SSSR count). The Balaban J connectivity index is 1.17. The Kier molecular flexibility index (Phi) is 6.52. The minimum Gasteiger partial charge on any atom is -0.493 e. The number of fused-ring (bicyclic) bond motifs is 1. The number of pyridine rings is 1. The van der Waals surface area contributed by atoms with E-state index in [2.05, 4.69) is 11.1 Å². The normalized spacial score (nSPS) is 21.6. The van der Waals surface area contributed by atoms with Crippen molar-refractivity contribution in [3.8, 4) is 29.2 Å². The molecule has 3 saturated carbocycles. The number of aliphatic hydroxyl groups excluding tert-OH is 1. The number of hydrogen-bond donors (Lipinski definition) is 1. The van der Waals surface area contributed by atoms with Crippen LogP contribution in [0.3, 0.4) is 0 Å². The van der Waals surface area contributed by atoms with Crippen LogP contribution in [0.15, 0.2) is 30.5 Å². The second-order valence-electron chi connectivity index (χ2n) is 11.0. The van der Waals surface area contributed by atoms with Gasteiger partial charge in [-0.25, -0.2) is 4.98 Å². The highest BCUT2D eigenvalue weighted by Crippen LogP contribution is 2.45. The third-order valence-electron chi connectivity index (χ3n) is 8.28. The van der Waals surface area contributed by atoms with Crippen molar-refractivity contribution < 1.29 is 28.8 Å². The van der Waals surface area contributed by atoms with Gasteiger partial charge in [-0.1, -0.05) is 12.8 Å². The fourth-order valence-electron chi connectivity index (χ4n) is 5.46. The van der Waals surface area contributed by atoms with E-state index < -0.39 is 11.5 Å². The number of hydrogen-bond acceptors (Lipinski definition) is 8. The Hall–Kier alpha value is -3.51. The maximum atomic E-state index is 13.3. The van der Waals surface area contributed by atoms with Crippen LogP contribution in [-0.4, -0.2) is 48.7 Å². The van der Waals surface area contributed by atoms with E-state index in [1.54, 1.807) is 31.4 Å². The summed E-state index contributed by atoms with van der Waals surface area (Å²) in [5.74, 6) is 2.20. The zero-order valence-corrected chi connectivity index (χ0v) is 21.6. The van der Waals surface area contributed by atoms with Crippen LogP contribution in [0.5, 0.6) is 23.1 Å². The summed E-state index contributed by atoms with van der Waals surface area (Å²) in [4.78, 5) is 19.1. The summed E-state index contributed by atoms with van der Waals surface area (Å²) in [7, 11) is 1.57. The van der Waals surface area contributed by atoms with Gasteiger partial charge in [0, 0.05) is 18.3 Å². The fraction of sp³-hybridized carbons (Fsp3) is 0.552. The number of benzene rings is 1. The summed E-state index contributed by atoms with van der Waals surface area (Å²) in [5.41, 5.74) is 0.529. The van der Waals surface area contributed by atoms with Gasteiger partial charge in [-0.05, 0) is 62.5 Å². The minimum absolute atomic E-state index is 0.0197. The molecule has 0 saturated heterocycles. The Morgan fingerprint density at radius 1 is 1.18 bits per heavy atom. The van der Waals surface area contributed by atoms with Gasteiger partial charge in [-0.2, -0.15) is 5.26 Å². The number of aromatic nitrogens is 1. The molecule has 1 aromatic heterocycles. The standard InChI is InChI=1S/C29H33N3O6/c1-35-24-12-20(8-9-22(24)38-27(19-4-2-3-5-19)26(33)18-6-7-18)32-17-37-23-13-25(31-14-21(23)28(32)34)36-16-29(15-30)10-11-29/h8-9,12-14,18-19,26-27,33H,2-7,10-11,16-17H2,1H3/t26-,27?/m1/s1. The molecule has 3 fully saturated rings. The lowest BCUT2D eigenvalue weighted by Gasteiger charge is -2.31. The second kappa shape index (κ2) is 9.99. The van der Waals surface area contributed by atoms with Gasteiger partial charge in [0.05, 0.1) is 30.4 Å². The second-order valence-corrected chi connectivity index (χ2v) is 11.0. The summed E-state index contributed by atoms with van der Waals surface area (Å²) in [6.45, 7) is 0.300. The van der Waals surface area contributed by atoms with E-state index in [4.69, 9.17) is 18.9 Å².